The van der Waals surface area contributed by atoms with Gasteiger partial charge in [0.2, 0.25) is 0 Å². The van der Waals surface area contributed by atoms with Crippen molar-refractivity contribution in [1.29, 1.82) is 0 Å². The minimum atomic E-state index is 0.529. The summed E-state index contributed by atoms with van der Waals surface area (Å²) < 4.78 is 0. The molecule has 3 heteroatoms. The van der Waals surface area contributed by atoms with Crippen LogP contribution in [0.5, 0.6) is 0 Å². The van der Waals surface area contributed by atoms with Crippen LogP contribution >= 0.6 is 23.4 Å². The van der Waals surface area contributed by atoms with Gasteiger partial charge < -0.3 is 0 Å². The molecule has 0 aliphatic rings. The van der Waals surface area contributed by atoms with Crippen LogP contribution in [0, 0.1) is 0 Å². The van der Waals surface area contributed by atoms with Crippen LogP contribution in [0.2, 0.25) is 5.15 Å². The van der Waals surface area contributed by atoms with Crippen molar-refractivity contribution in [3.05, 3.63) is 65.8 Å². The van der Waals surface area contributed by atoms with Gasteiger partial charge in [-0.25, -0.2) is 4.98 Å². The minimum absolute atomic E-state index is 0.529. The molecule has 1 nitrogen and oxygen atoms in total. The summed E-state index contributed by atoms with van der Waals surface area (Å²) in [7, 11) is 0. The molecule has 1 heterocycles. The van der Waals surface area contributed by atoms with Gasteiger partial charge in [-0.05, 0) is 35.0 Å². The fourth-order valence-electron chi connectivity index (χ4n) is 1.80. The third-order valence-electron chi connectivity index (χ3n) is 2.63. The molecule has 2 aromatic carbocycles. The SMILES string of the molecule is Clc1cccc(Sc2ccc3ccccc3c2)n1. The number of nitrogens with zero attached hydrogens (tertiary/aromatic N) is 1. The number of rotatable bonds is 2. The van der Waals surface area contributed by atoms with Crippen LogP contribution in [0.3, 0.4) is 0 Å². The average molecular weight is 272 g/mol. The van der Waals surface area contributed by atoms with Crippen molar-refractivity contribution in [2.24, 2.45) is 0 Å². The number of halogens is 1. The van der Waals surface area contributed by atoms with Crippen LogP contribution in [0.1, 0.15) is 0 Å². The Labute approximate surface area is 115 Å². The lowest BCUT2D eigenvalue weighted by Gasteiger charge is -2.03. The van der Waals surface area contributed by atoms with E-state index in [1.54, 1.807) is 17.8 Å². The highest BCUT2D eigenvalue weighted by molar-refractivity contribution is 7.99. The summed E-state index contributed by atoms with van der Waals surface area (Å²) in [6.07, 6.45) is 0. The van der Waals surface area contributed by atoms with Gasteiger partial charge >= 0.3 is 0 Å². The predicted molar refractivity (Wildman–Crippen MR) is 77.3 cm³/mol. The lowest BCUT2D eigenvalue weighted by atomic mass is 10.1. The Bertz CT molecular complexity index is 697. The fourth-order valence-corrected chi connectivity index (χ4v) is 2.87. The van der Waals surface area contributed by atoms with Crippen LogP contribution in [0.15, 0.2) is 70.6 Å². The van der Waals surface area contributed by atoms with Crippen LogP contribution in [0.25, 0.3) is 10.8 Å². The molecule has 18 heavy (non-hydrogen) atoms. The van der Waals surface area contributed by atoms with Crippen molar-refractivity contribution >= 4 is 34.1 Å². The monoisotopic (exact) mass is 271 g/mol. The Morgan fingerprint density at radius 1 is 0.833 bits per heavy atom. The Hall–Kier alpha value is -1.51. The van der Waals surface area contributed by atoms with Gasteiger partial charge in [-0.3, -0.25) is 0 Å². The quantitative estimate of drug-likeness (QED) is 0.606. The molecule has 0 saturated carbocycles. The van der Waals surface area contributed by atoms with Crippen molar-refractivity contribution in [3.63, 3.8) is 0 Å². The maximum absolute atomic E-state index is 5.88. The minimum Gasteiger partial charge on any atom is -0.229 e. The normalized spacial score (nSPS) is 10.7. The van der Waals surface area contributed by atoms with E-state index in [0.29, 0.717) is 5.15 Å². The van der Waals surface area contributed by atoms with Gasteiger partial charge in [0, 0.05) is 4.90 Å². The van der Waals surface area contributed by atoms with Gasteiger partial charge in [0.25, 0.3) is 0 Å². The van der Waals surface area contributed by atoms with Gasteiger partial charge in [-0.1, -0.05) is 59.8 Å². The second kappa shape index (κ2) is 5.01. The molecular weight excluding hydrogens is 262 g/mol. The van der Waals surface area contributed by atoms with Gasteiger partial charge in [0.1, 0.15) is 10.2 Å². The summed E-state index contributed by atoms with van der Waals surface area (Å²) in [5.74, 6) is 0. The lowest BCUT2D eigenvalue weighted by Crippen LogP contribution is -1.80. The predicted octanol–water partition coefficient (Wildman–Crippen LogP) is 5.04. The summed E-state index contributed by atoms with van der Waals surface area (Å²) in [4.78, 5) is 5.45. The largest absolute Gasteiger partial charge is 0.229 e. The summed E-state index contributed by atoms with van der Waals surface area (Å²) in [6.45, 7) is 0. The van der Waals surface area contributed by atoms with E-state index in [2.05, 4.69) is 41.4 Å². The van der Waals surface area contributed by atoms with Crippen molar-refractivity contribution in [2.45, 2.75) is 9.92 Å². The first-order valence-corrected chi connectivity index (χ1v) is 6.80. The van der Waals surface area contributed by atoms with E-state index in [4.69, 9.17) is 11.6 Å². The van der Waals surface area contributed by atoms with Crippen molar-refractivity contribution in [3.8, 4) is 0 Å². The molecule has 0 bridgehead atoms. The standard InChI is InChI=1S/C15H10ClNS/c16-14-6-3-7-15(17-14)18-13-9-8-11-4-1-2-5-12(11)10-13/h1-10H. The van der Waals surface area contributed by atoms with Gasteiger partial charge in [0.05, 0.1) is 0 Å². The molecule has 0 amide bonds. The lowest BCUT2D eigenvalue weighted by molar-refractivity contribution is 1.13. The molecule has 88 valence electrons. The number of benzene rings is 2. The third kappa shape index (κ3) is 2.50. The highest BCUT2D eigenvalue weighted by atomic mass is 35.5. The molecule has 1 aromatic heterocycles. The molecule has 0 aliphatic heterocycles. The molecule has 0 atom stereocenters. The van der Waals surface area contributed by atoms with Crippen molar-refractivity contribution in [1.82, 2.24) is 4.98 Å². The number of aromatic nitrogens is 1. The molecule has 3 aromatic rings. The topological polar surface area (TPSA) is 12.9 Å². The van der Waals surface area contributed by atoms with Gasteiger partial charge in [-0.2, -0.15) is 0 Å². The second-order valence-electron chi connectivity index (χ2n) is 3.91. The molecule has 0 saturated heterocycles. The zero-order chi connectivity index (χ0) is 12.4. The molecule has 0 radical (unpaired) electrons. The Morgan fingerprint density at radius 2 is 1.67 bits per heavy atom. The van der Waals surface area contributed by atoms with Gasteiger partial charge in [-0.15, -0.1) is 0 Å². The fraction of sp³-hybridized carbons (Fsp3) is 0. The van der Waals surface area contributed by atoms with E-state index in [1.807, 2.05) is 18.2 Å². The third-order valence-corrected chi connectivity index (χ3v) is 3.77. The molecule has 0 aliphatic carbocycles. The molecular formula is C15H10ClNS. The Balaban J connectivity index is 1.95. The first kappa shape index (κ1) is 11.6. The molecule has 0 unspecified atom stereocenters. The molecule has 0 spiro atoms. The Morgan fingerprint density at radius 3 is 2.50 bits per heavy atom. The maximum atomic E-state index is 5.88. The van der Waals surface area contributed by atoms with Crippen LogP contribution in [0.4, 0.5) is 0 Å². The van der Waals surface area contributed by atoms with E-state index in [1.165, 1.54) is 15.7 Å². The maximum Gasteiger partial charge on any atom is 0.130 e. The van der Waals surface area contributed by atoms with Crippen LogP contribution in [-0.4, -0.2) is 4.98 Å². The summed E-state index contributed by atoms with van der Waals surface area (Å²) in [5, 5.41) is 3.93. The van der Waals surface area contributed by atoms with Crippen LogP contribution in [-0.2, 0) is 0 Å². The zero-order valence-corrected chi connectivity index (χ0v) is 11.1. The van der Waals surface area contributed by atoms with E-state index in [0.717, 1.165) is 5.03 Å². The van der Waals surface area contributed by atoms with Gasteiger partial charge in [0.15, 0.2) is 0 Å². The first-order chi connectivity index (χ1) is 8.81. The molecule has 0 fully saturated rings. The van der Waals surface area contributed by atoms with Crippen molar-refractivity contribution < 1.29 is 0 Å². The summed E-state index contributed by atoms with van der Waals surface area (Å²) in [6, 6.07) is 20.4. The Kier molecular flexibility index (Phi) is 3.22. The van der Waals surface area contributed by atoms with Crippen LogP contribution < -0.4 is 0 Å². The van der Waals surface area contributed by atoms with E-state index >= 15 is 0 Å². The highest BCUT2D eigenvalue weighted by Crippen LogP contribution is 2.29. The zero-order valence-electron chi connectivity index (χ0n) is 9.51. The number of hydrogen-bond donors (Lipinski definition) is 0. The summed E-state index contributed by atoms with van der Waals surface area (Å²) in [5.41, 5.74) is 0. The van der Waals surface area contributed by atoms with E-state index in [9.17, 15) is 0 Å². The second-order valence-corrected chi connectivity index (χ2v) is 5.39. The highest BCUT2D eigenvalue weighted by Gasteiger charge is 2.01. The molecule has 3 rings (SSSR count). The van der Waals surface area contributed by atoms with Crippen molar-refractivity contribution in [2.75, 3.05) is 0 Å². The first-order valence-electron chi connectivity index (χ1n) is 5.60. The number of pyridine rings is 1. The van der Waals surface area contributed by atoms with E-state index < -0.39 is 0 Å². The van der Waals surface area contributed by atoms with E-state index in [-0.39, 0.29) is 0 Å². The average Bonchev–Trinajstić information content (AvgIpc) is 2.39. The molecule has 0 N–H and O–H groups in total. The smallest absolute Gasteiger partial charge is 0.130 e. The number of hydrogen-bond acceptors (Lipinski definition) is 2. The summed E-state index contributed by atoms with van der Waals surface area (Å²) >= 11 is 7.50. The number of fused-ring (bicyclic) bond motifs is 1.